The van der Waals surface area contributed by atoms with Gasteiger partial charge in [0.2, 0.25) is 0 Å². The molecule has 1 atom stereocenters. The largest absolute Gasteiger partial charge is 0.453 e. The van der Waals surface area contributed by atoms with Crippen LogP contribution >= 0.6 is 11.3 Å². The molecule has 3 aromatic heterocycles. The van der Waals surface area contributed by atoms with Crippen LogP contribution in [0.15, 0.2) is 17.6 Å². The summed E-state index contributed by atoms with van der Waals surface area (Å²) in [5, 5.41) is 20.0. The van der Waals surface area contributed by atoms with Crippen LogP contribution in [0.25, 0.3) is 10.1 Å². The summed E-state index contributed by atoms with van der Waals surface area (Å²) in [7, 11) is 0. The van der Waals surface area contributed by atoms with Crippen LogP contribution in [-0.2, 0) is 6.18 Å². The lowest BCUT2D eigenvalue weighted by molar-refractivity contribution is -0.144. The Labute approximate surface area is 132 Å². The number of nitrogens with zero attached hydrogens (tertiary/aromatic N) is 4. The highest BCUT2D eigenvalue weighted by atomic mass is 32.1. The summed E-state index contributed by atoms with van der Waals surface area (Å²) >= 11 is 1.39. The van der Waals surface area contributed by atoms with Gasteiger partial charge in [-0.1, -0.05) is 0 Å². The molecule has 6 nitrogen and oxygen atoms in total. The van der Waals surface area contributed by atoms with Gasteiger partial charge in [-0.25, -0.2) is 9.97 Å². The van der Waals surface area contributed by atoms with Crippen molar-refractivity contribution in [3.8, 4) is 6.07 Å². The van der Waals surface area contributed by atoms with Gasteiger partial charge in [0.15, 0.2) is 0 Å². The SMILES string of the molecule is CC(Nc1ncc(C#N)c2ccsc12)c1nc(C(F)(F)F)n[nH]1. The quantitative estimate of drug-likeness (QED) is 0.763. The van der Waals surface area contributed by atoms with E-state index in [1.54, 1.807) is 13.0 Å². The third-order valence-electron chi connectivity index (χ3n) is 3.13. The minimum atomic E-state index is -4.60. The summed E-state index contributed by atoms with van der Waals surface area (Å²) in [5.41, 5.74) is 0.443. The Morgan fingerprint density at radius 1 is 1.43 bits per heavy atom. The van der Waals surface area contributed by atoms with E-state index in [1.165, 1.54) is 17.5 Å². The highest BCUT2D eigenvalue weighted by Gasteiger charge is 2.36. The maximum absolute atomic E-state index is 12.5. The van der Waals surface area contributed by atoms with Gasteiger partial charge in [0, 0.05) is 11.6 Å². The van der Waals surface area contributed by atoms with E-state index in [2.05, 4.69) is 31.6 Å². The molecule has 0 aliphatic carbocycles. The first kappa shape index (κ1) is 15.2. The van der Waals surface area contributed by atoms with Crippen molar-refractivity contribution in [2.75, 3.05) is 5.32 Å². The second-order valence-corrected chi connectivity index (χ2v) is 5.62. The van der Waals surface area contributed by atoms with Crippen LogP contribution in [0.4, 0.5) is 19.0 Å². The average molecular weight is 338 g/mol. The van der Waals surface area contributed by atoms with Crippen LogP contribution in [0.3, 0.4) is 0 Å². The van der Waals surface area contributed by atoms with E-state index in [1.807, 2.05) is 5.38 Å². The average Bonchev–Trinajstić information content (AvgIpc) is 3.16. The van der Waals surface area contributed by atoms with Crippen molar-refractivity contribution < 1.29 is 13.2 Å². The second-order valence-electron chi connectivity index (χ2n) is 4.70. The van der Waals surface area contributed by atoms with Crippen LogP contribution in [0, 0.1) is 11.3 Å². The molecule has 0 saturated carbocycles. The smallest absolute Gasteiger partial charge is 0.359 e. The number of nitriles is 1. The number of rotatable bonds is 3. The fraction of sp³-hybridized carbons (Fsp3) is 0.231. The van der Waals surface area contributed by atoms with Crippen molar-refractivity contribution in [3.63, 3.8) is 0 Å². The number of nitrogens with one attached hydrogen (secondary N) is 2. The maximum atomic E-state index is 12.5. The zero-order valence-corrected chi connectivity index (χ0v) is 12.5. The second kappa shape index (κ2) is 5.51. The number of H-pyrrole nitrogens is 1. The van der Waals surface area contributed by atoms with Crippen molar-refractivity contribution in [2.24, 2.45) is 0 Å². The van der Waals surface area contributed by atoms with Gasteiger partial charge in [0.1, 0.15) is 17.7 Å². The normalized spacial score (nSPS) is 13.0. The fourth-order valence-corrected chi connectivity index (χ4v) is 2.89. The van der Waals surface area contributed by atoms with Crippen LogP contribution in [0.5, 0.6) is 0 Å². The molecule has 2 N–H and O–H groups in total. The molecule has 3 rings (SSSR count). The van der Waals surface area contributed by atoms with E-state index in [-0.39, 0.29) is 5.82 Å². The number of anilines is 1. The van der Waals surface area contributed by atoms with Gasteiger partial charge in [-0.2, -0.15) is 18.4 Å². The third-order valence-corrected chi connectivity index (χ3v) is 4.05. The maximum Gasteiger partial charge on any atom is 0.453 e. The Bertz CT molecular complexity index is 891. The van der Waals surface area contributed by atoms with Crippen LogP contribution in [-0.4, -0.2) is 20.2 Å². The molecule has 0 aromatic carbocycles. The minimum Gasteiger partial charge on any atom is -0.359 e. The number of aromatic nitrogens is 4. The number of halogens is 3. The number of fused-ring (bicyclic) bond motifs is 1. The topological polar surface area (TPSA) is 90.3 Å². The summed E-state index contributed by atoms with van der Waals surface area (Å²) in [5.74, 6) is -0.685. The predicted octanol–water partition coefficient (Wildman–Crippen LogP) is 3.48. The number of hydrogen-bond donors (Lipinski definition) is 2. The van der Waals surface area contributed by atoms with E-state index in [4.69, 9.17) is 5.26 Å². The zero-order chi connectivity index (χ0) is 16.6. The monoisotopic (exact) mass is 338 g/mol. The molecule has 0 spiro atoms. The lowest BCUT2D eigenvalue weighted by atomic mass is 10.2. The van der Waals surface area contributed by atoms with Gasteiger partial charge in [-0.3, -0.25) is 5.10 Å². The van der Waals surface area contributed by atoms with E-state index in [0.29, 0.717) is 11.4 Å². The molecule has 0 amide bonds. The molecule has 1 unspecified atom stereocenters. The Morgan fingerprint density at radius 3 is 2.87 bits per heavy atom. The molecule has 3 heterocycles. The van der Waals surface area contributed by atoms with Crippen molar-refractivity contribution in [1.82, 2.24) is 20.2 Å². The Balaban J connectivity index is 1.89. The molecule has 23 heavy (non-hydrogen) atoms. The fourth-order valence-electron chi connectivity index (χ4n) is 2.02. The third kappa shape index (κ3) is 2.83. The van der Waals surface area contributed by atoms with Gasteiger partial charge >= 0.3 is 6.18 Å². The molecule has 0 aliphatic rings. The molecule has 0 aliphatic heterocycles. The molecule has 3 aromatic rings. The molecular formula is C13H9F3N6S. The van der Waals surface area contributed by atoms with E-state index >= 15 is 0 Å². The van der Waals surface area contributed by atoms with Crippen molar-refractivity contribution in [1.29, 1.82) is 5.26 Å². The Morgan fingerprint density at radius 2 is 2.22 bits per heavy atom. The molecular weight excluding hydrogens is 329 g/mol. The van der Waals surface area contributed by atoms with Crippen molar-refractivity contribution in [3.05, 3.63) is 34.9 Å². The van der Waals surface area contributed by atoms with E-state index < -0.39 is 18.0 Å². The highest BCUT2D eigenvalue weighted by Crippen LogP contribution is 2.31. The molecule has 0 saturated heterocycles. The minimum absolute atomic E-state index is 0.0493. The summed E-state index contributed by atoms with van der Waals surface area (Å²) in [6, 6.07) is 3.28. The van der Waals surface area contributed by atoms with Crippen LogP contribution < -0.4 is 5.32 Å². The standard InChI is InChI=1S/C13H9F3N6S/c1-6(10-20-12(22-21-10)13(14,15)16)19-11-9-8(2-3-23-9)7(4-17)5-18-11/h2-3,5-6H,1H3,(H,18,19)(H,20,21,22). The number of alkyl halides is 3. The lowest BCUT2D eigenvalue weighted by Gasteiger charge is -2.12. The summed E-state index contributed by atoms with van der Waals surface area (Å²) in [6.45, 7) is 1.64. The number of thiophene rings is 1. The summed E-state index contributed by atoms with van der Waals surface area (Å²) in [4.78, 5) is 7.61. The van der Waals surface area contributed by atoms with Gasteiger partial charge in [-0.15, -0.1) is 16.4 Å². The predicted molar refractivity (Wildman–Crippen MR) is 77.8 cm³/mol. The molecule has 0 bridgehead atoms. The molecule has 118 valence electrons. The first-order valence-electron chi connectivity index (χ1n) is 6.42. The first-order valence-corrected chi connectivity index (χ1v) is 7.30. The van der Waals surface area contributed by atoms with Crippen LogP contribution in [0.2, 0.25) is 0 Å². The molecule has 0 fully saturated rings. The van der Waals surface area contributed by atoms with E-state index in [9.17, 15) is 13.2 Å². The highest BCUT2D eigenvalue weighted by molar-refractivity contribution is 7.17. The lowest BCUT2D eigenvalue weighted by Crippen LogP contribution is -2.11. The Hall–Kier alpha value is -2.67. The van der Waals surface area contributed by atoms with Gasteiger partial charge < -0.3 is 5.32 Å². The van der Waals surface area contributed by atoms with Crippen molar-refractivity contribution in [2.45, 2.75) is 19.1 Å². The summed E-state index contributed by atoms with van der Waals surface area (Å²) in [6.07, 6.45) is -3.17. The zero-order valence-electron chi connectivity index (χ0n) is 11.6. The first-order chi connectivity index (χ1) is 10.9. The van der Waals surface area contributed by atoms with E-state index in [0.717, 1.165) is 10.1 Å². The molecule has 10 heteroatoms. The van der Waals surface area contributed by atoms with Gasteiger partial charge in [-0.05, 0) is 18.4 Å². The molecule has 0 radical (unpaired) electrons. The van der Waals surface area contributed by atoms with Crippen molar-refractivity contribution >= 4 is 27.2 Å². The number of hydrogen-bond acceptors (Lipinski definition) is 6. The van der Waals surface area contributed by atoms with Crippen LogP contribution in [0.1, 0.15) is 30.2 Å². The number of aromatic amines is 1. The van der Waals surface area contributed by atoms with Gasteiger partial charge in [0.25, 0.3) is 5.82 Å². The summed E-state index contributed by atoms with van der Waals surface area (Å²) < 4.78 is 38.4. The number of pyridine rings is 1. The Kier molecular flexibility index (Phi) is 3.65. The van der Waals surface area contributed by atoms with Gasteiger partial charge in [0.05, 0.1) is 16.3 Å².